The van der Waals surface area contributed by atoms with Crippen molar-refractivity contribution >= 4 is 39.3 Å². The topological polar surface area (TPSA) is 83.6 Å². The van der Waals surface area contributed by atoms with Gasteiger partial charge in [0.1, 0.15) is 9.86 Å². The van der Waals surface area contributed by atoms with Crippen molar-refractivity contribution in [1.82, 2.24) is 19.9 Å². The fraction of sp³-hybridized carbons (Fsp3) is 0.0909. The Hall–Kier alpha value is -1.93. The Kier molecular flexibility index (Phi) is 3.18. The first kappa shape index (κ1) is 12.1. The van der Waals surface area contributed by atoms with E-state index in [0.29, 0.717) is 11.1 Å². The highest BCUT2D eigenvalue weighted by molar-refractivity contribution is 7.99. The maximum absolute atomic E-state index is 11.3. The van der Waals surface area contributed by atoms with E-state index in [4.69, 9.17) is 0 Å². The van der Waals surface area contributed by atoms with Crippen LogP contribution in [-0.2, 0) is 0 Å². The molecule has 0 aliphatic rings. The lowest BCUT2D eigenvalue weighted by Crippen LogP contribution is -2.05. The largest absolute Gasteiger partial charge is 0.357 e. The van der Waals surface area contributed by atoms with Crippen molar-refractivity contribution in [3.8, 4) is 0 Å². The summed E-state index contributed by atoms with van der Waals surface area (Å²) in [5, 5.41) is 7.13. The summed E-state index contributed by atoms with van der Waals surface area (Å²) in [6, 6.07) is 3.34. The van der Waals surface area contributed by atoms with Gasteiger partial charge in [-0.05, 0) is 23.2 Å². The molecular weight excluding hydrogens is 282 g/mol. The molecule has 3 aromatic rings. The zero-order chi connectivity index (χ0) is 13.2. The van der Waals surface area contributed by atoms with Crippen LogP contribution in [0.1, 0.15) is 0 Å². The first-order valence-corrected chi connectivity index (χ1v) is 7.12. The van der Waals surface area contributed by atoms with Crippen LogP contribution in [0.3, 0.4) is 0 Å². The highest BCUT2D eigenvalue weighted by atomic mass is 32.2. The van der Waals surface area contributed by atoms with Crippen LogP contribution >= 0.6 is 23.1 Å². The lowest BCUT2D eigenvalue weighted by atomic mass is 10.4. The Balaban J connectivity index is 2.08. The van der Waals surface area contributed by atoms with Crippen LogP contribution in [-0.4, -0.2) is 27.0 Å². The van der Waals surface area contributed by atoms with Crippen LogP contribution < -0.4 is 10.9 Å². The predicted octanol–water partition coefficient (Wildman–Crippen LogP) is 1.97. The van der Waals surface area contributed by atoms with E-state index >= 15 is 0 Å². The van der Waals surface area contributed by atoms with Gasteiger partial charge >= 0.3 is 0 Å². The molecule has 3 heterocycles. The van der Waals surface area contributed by atoms with Crippen LogP contribution in [0.4, 0.5) is 5.95 Å². The average molecular weight is 291 g/mol. The number of aromatic nitrogens is 4. The van der Waals surface area contributed by atoms with Gasteiger partial charge in [0.15, 0.2) is 5.16 Å². The van der Waals surface area contributed by atoms with E-state index < -0.39 is 0 Å². The second kappa shape index (κ2) is 4.98. The van der Waals surface area contributed by atoms with Crippen LogP contribution in [0.25, 0.3) is 10.2 Å². The van der Waals surface area contributed by atoms with E-state index in [1.807, 2.05) is 11.4 Å². The summed E-state index contributed by atoms with van der Waals surface area (Å²) in [5.41, 5.74) is -0.179. The molecule has 0 atom stereocenters. The normalized spacial score (nSPS) is 10.8. The molecule has 3 rings (SSSR count). The Morgan fingerprint density at radius 1 is 1.37 bits per heavy atom. The molecule has 19 heavy (non-hydrogen) atoms. The monoisotopic (exact) mass is 291 g/mol. The second-order valence-corrected chi connectivity index (χ2v) is 5.46. The molecule has 0 radical (unpaired) electrons. The summed E-state index contributed by atoms with van der Waals surface area (Å²) in [6.07, 6.45) is 1.48. The third-order valence-corrected chi connectivity index (χ3v) is 4.07. The van der Waals surface area contributed by atoms with Crippen LogP contribution in [0.5, 0.6) is 0 Å². The van der Waals surface area contributed by atoms with Crippen molar-refractivity contribution in [2.75, 3.05) is 12.4 Å². The minimum atomic E-state index is -0.179. The van der Waals surface area contributed by atoms with Gasteiger partial charge in [0, 0.05) is 24.7 Å². The molecule has 8 heteroatoms. The van der Waals surface area contributed by atoms with Gasteiger partial charge in [-0.15, -0.1) is 11.3 Å². The standard InChI is InChI=1S/C11H9N5OS2/c1-12-10-15-8-6(3-5-18-8)9(16-10)19-11-13-4-2-7(17)14-11/h2-5H,1H3,(H,12,15,16)(H,13,14,17). The predicted molar refractivity (Wildman–Crippen MR) is 75.9 cm³/mol. The van der Waals surface area contributed by atoms with Crippen molar-refractivity contribution in [3.63, 3.8) is 0 Å². The molecule has 0 spiro atoms. The first-order valence-electron chi connectivity index (χ1n) is 5.42. The Morgan fingerprint density at radius 3 is 3.05 bits per heavy atom. The number of fused-ring (bicyclic) bond motifs is 1. The molecule has 0 fully saturated rings. The van der Waals surface area contributed by atoms with Crippen molar-refractivity contribution in [1.29, 1.82) is 0 Å². The number of hydrogen-bond donors (Lipinski definition) is 2. The summed E-state index contributed by atoms with van der Waals surface area (Å²) in [5.74, 6) is 0.552. The molecule has 3 aromatic heterocycles. The van der Waals surface area contributed by atoms with Crippen LogP contribution in [0.2, 0.25) is 0 Å². The number of aromatic amines is 1. The highest BCUT2D eigenvalue weighted by Crippen LogP contribution is 2.32. The van der Waals surface area contributed by atoms with Gasteiger partial charge in [-0.2, -0.15) is 0 Å². The number of hydrogen-bond acceptors (Lipinski definition) is 7. The van der Waals surface area contributed by atoms with E-state index in [1.54, 1.807) is 18.4 Å². The smallest absolute Gasteiger partial charge is 0.251 e. The SMILES string of the molecule is CNc1nc(Sc2nccc(=O)[nH]2)c2ccsc2n1. The molecule has 0 unspecified atom stereocenters. The zero-order valence-corrected chi connectivity index (χ0v) is 11.5. The molecule has 0 aliphatic heterocycles. The van der Waals surface area contributed by atoms with Crippen molar-refractivity contribution < 1.29 is 0 Å². The molecule has 0 bridgehead atoms. The number of H-pyrrole nitrogens is 1. The van der Waals surface area contributed by atoms with E-state index in [0.717, 1.165) is 15.2 Å². The molecule has 0 aromatic carbocycles. The summed E-state index contributed by atoms with van der Waals surface area (Å²) < 4.78 is 0. The third-order valence-electron chi connectivity index (χ3n) is 2.35. The Morgan fingerprint density at radius 2 is 2.26 bits per heavy atom. The van der Waals surface area contributed by atoms with Gasteiger partial charge in [0.05, 0.1) is 0 Å². The fourth-order valence-corrected chi connectivity index (χ4v) is 3.20. The molecular formula is C11H9N5OS2. The van der Waals surface area contributed by atoms with Crippen LogP contribution in [0.15, 0.2) is 38.7 Å². The summed E-state index contributed by atoms with van der Waals surface area (Å²) in [7, 11) is 1.77. The third kappa shape index (κ3) is 2.45. The Bertz CT molecular complexity index is 782. The van der Waals surface area contributed by atoms with Crippen molar-refractivity contribution in [2.45, 2.75) is 10.2 Å². The summed E-state index contributed by atoms with van der Waals surface area (Å²) in [6.45, 7) is 0. The maximum Gasteiger partial charge on any atom is 0.251 e. The second-order valence-electron chi connectivity index (χ2n) is 3.58. The molecule has 6 nitrogen and oxygen atoms in total. The Labute approximate surface area is 116 Å². The molecule has 0 saturated heterocycles. The quantitative estimate of drug-likeness (QED) is 0.567. The van der Waals surface area contributed by atoms with Gasteiger partial charge in [-0.3, -0.25) is 4.79 Å². The minimum Gasteiger partial charge on any atom is -0.357 e. The number of nitrogens with zero attached hydrogens (tertiary/aromatic N) is 3. The number of thiophene rings is 1. The number of nitrogens with one attached hydrogen (secondary N) is 2. The van der Waals surface area contributed by atoms with E-state index in [-0.39, 0.29) is 5.56 Å². The minimum absolute atomic E-state index is 0.179. The lowest BCUT2D eigenvalue weighted by molar-refractivity contribution is 0.932. The fourth-order valence-electron chi connectivity index (χ4n) is 1.51. The van der Waals surface area contributed by atoms with Crippen molar-refractivity contribution in [2.24, 2.45) is 0 Å². The van der Waals surface area contributed by atoms with E-state index in [2.05, 4.69) is 25.3 Å². The molecule has 0 saturated carbocycles. The summed E-state index contributed by atoms with van der Waals surface area (Å²) >= 11 is 2.86. The maximum atomic E-state index is 11.3. The average Bonchev–Trinajstić information content (AvgIpc) is 2.87. The molecule has 0 amide bonds. The lowest BCUT2D eigenvalue weighted by Gasteiger charge is -2.04. The van der Waals surface area contributed by atoms with E-state index in [1.165, 1.54) is 24.0 Å². The molecule has 2 N–H and O–H groups in total. The molecule has 96 valence electrons. The number of anilines is 1. The van der Waals surface area contributed by atoms with Gasteiger partial charge in [0.25, 0.3) is 5.56 Å². The van der Waals surface area contributed by atoms with E-state index in [9.17, 15) is 4.79 Å². The highest BCUT2D eigenvalue weighted by Gasteiger charge is 2.10. The zero-order valence-electron chi connectivity index (χ0n) is 9.88. The number of rotatable bonds is 3. The first-order chi connectivity index (χ1) is 9.26. The van der Waals surface area contributed by atoms with Gasteiger partial charge in [-0.1, -0.05) is 0 Å². The van der Waals surface area contributed by atoms with Gasteiger partial charge in [0.2, 0.25) is 5.95 Å². The van der Waals surface area contributed by atoms with Gasteiger partial charge in [-0.25, -0.2) is 15.0 Å². The summed E-state index contributed by atoms with van der Waals surface area (Å²) in [4.78, 5) is 27.7. The van der Waals surface area contributed by atoms with Crippen molar-refractivity contribution in [3.05, 3.63) is 34.1 Å². The van der Waals surface area contributed by atoms with Gasteiger partial charge < -0.3 is 10.3 Å². The van der Waals surface area contributed by atoms with Crippen LogP contribution in [0, 0.1) is 0 Å². The molecule has 0 aliphatic carbocycles.